The molecule has 1 aliphatic rings. The number of ether oxygens (including phenoxy) is 1. The SMILES string of the molecule is CC(C)CN(CC(F)(F)F)C(=O)C1(N)CCOC1. The summed E-state index contributed by atoms with van der Waals surface area (Å²) in [5.74, 6) is -0.728. The van der Waals surface area contributed by atoms with Crippen LogP contribution < -0.4 is 5.73 Å². The van der Waals surface area contributed by atoms with Crippen LogP contribution in [0.15, 0.2) is 0 Å². The minimum atomic E-state index is -4.42. The molecule has 0 bridgehead atoms. The van der Waals surface area contributed by atoms with Crippen molar-refractivity contribution < 1.29 is 22.7 Å². The van der Waals surface area contributed by atoms with Gasteiger partial charge in [0.25, 0.3) is 0 Å². The predicted molar refractivity (Wildman–Crippen MR) is 59.8 cm³/mol. The molecule has 1 unspecified atom stereocenters. The quantitative estimate of drug-likeness (QED) is 0.832. The van der Waals surface area contributed by atoms with Crippen LogP contribution in [0.4, 0.5) is 13.2 Å². The summed E-state index contributed by atoms with van der Waals surface area (Å²) in [5, 5.41) is 0. The topological polar surface area (TPSA) is 55.6 Å². The van der Waals surface area contributed by atoms with Crippen LogP contribution in [0.1, 0.15) is 20.3 Å². The first-order valence-electron chi connectivity index (χ1n) is 5.87. The van der Waals surface area contributed by atoms with E-state index in [0.717, 1.165) is 4.90 Å². The lowest BCUT2D eigenvalue weighted by Gasteiger charge is -2.32. The van der Waals surface area contributed by atoms with E-state index in [1.54, 1.807) is 13.8 Å². The third-order valence-electron chi connectivity index (χ3n) is 2.72. The van der Waals surface area contributed by atoms with Crippen molar-refractivity contribution in [3.63, 3.8) is 0 Å². The highest BCUT2D eigenvalue weighted by Crippen LogP contribution is 2.23. The van der Waals surface area contributed by atoms with Crippen molar-refractivity contribution in [3.8, 4) is 0 Å². The van der Waals surface area contributed by atoms with Crippen LogP contribution in [0.5, 0.6) is 0 Å². The average Bonchev–Trinajstić information content (AvgIpc) is 2.61. The maximum atomic E-state index is 12.5. The number of alkyl halides is 3. The maximum absolute atomic E-state index is 12.5. The second-order valence-electron chi connectivity index (χ2n) is 5.15. The Labute approximate surface area is 104 Å². The minimum Gasteiger partial charge on any atom is -0.379 e. The summed E-state index contributed by atoms with van der Waals surface area (Å²) in [6.07, 6.45) is -4.15. The Morgan fingerprint density at radius 2 is 2.11 bits per heavy atom. The van der Waals surface area contributed by atoms with Gasteiger partial charge in [0, 0.05) is 13.2 Å². The number of nitrogens with zero attached hydrogens (tertiary/aromatic N) is 1. The molecule has 1 rings (SSSR count). The molecule has 1 aliphatic heterocycles. The van der Waals surface area contributed by atoms with Crippen LogP contribution in [-0.4, -0.2) is 48.8 Å². The fourth-order valence-electron chi connectivity index (χ4n) is 1.94. The zero-order valence-corrected chi connectivity index (χ0v) is 10.6. The van der Waals surface area contributed by atoms with Crippen molar-refractivity contribution in [1.82, 2.24) is 4.90 Å². The molecule has 4 nitrogen and oxygen atoms in total. The Hall–Kier alpha value is -0.820. The van der Waals surface area contributed by atoms with Crippen molar-refractivity contribution in [2.75, 3.05) is 26.3 Å². The number of halogens is 3. The molecule has 1 saturated heterocycles. The molecule has 1 amide bonds. The summed E-state index contributed by atoms with van der Waals surface area (Å²) in [6.45, 7) is 2.58. The number of hydrogen-bond acceptors (Lipinski definition) is 3. The van der Waals surface area contributed by atoms with Gasteiger partial charge in [0.1, 0.15) is 12.1 Å². The van der Waals surface area contributed by atoms with Gasteiger partial charge < -0.3 is 15.4 Å². The van der Waals surface area contributed by atoms with Crippen LogP contribution in [0.3, 0.4) is 0 Å². The van der Waals surface area contributed by atoms with E-state index in [0.29, 0.717) is 6.61 Å². The van der Waals surface area contributed by atoms with E-state index in [1.165, 1.54) is 0 Å². The molecular weight excluding hydrogens is 249 g/mol. The largest absolute Gasteiger partial charge is 0.406 e. The minimum absolute atomic E-state index is 0.0156. The normalized spacial score (nSPS) is 24.6. The summed E-state index contributed by atoms with van der Waals surface area (Å²) < 4.78 is 42.4. The lowest BCUT2D eigenvalue weighted by atomic mass is 9.97. The molecule has 106 valence electrons. The fraction of sp³-hybridized carbons (Fsp3) is 0.909. The van der Waals surface area contributed by atoms with Gasteiger partial charge in [0.05, 0.1) is 6.61 Å². The van der Waals surface area contributed by atoms with Crippen molar-refractivity contribution in [1.29, 1.82) is 0 Å². The van der Waals surface area contributed by atoms with Crippen molar-refractivity contribution in [2.45, 2.75) is 32.0 Å². The lowest BCUT2D eigenvalue weighted by molar-refractivity contribution is -0.165. The predicted octanol–water partition coefficient (Wildman–Crippen LogP) is 1.15. The standard InChI is InChI=1S/C11H19F3N2O2/c1-8(2)5-16(6-11(12,13)14)9(17)10(15)3-4-18-7-10/h8H,3-7,15H2,1-2H3. The number of nitrogens with two attached hydrogens (primary N) is 1. The van der Waals surface area contributed by atoms with Gasteiger partial charge in [-0.15, -0.1) is 0 Å². The second kappa shape index (κ2) is 5.44. The van der Waals surface area contributed by atoms with Crippen molar-refractivity contribution >= 4 is 5.91 Å². The van der Waals surface area contributed by atoms with Crippen LogP contribution in [0.2, 0.25) is 0 Å². The van der Waals surface area contributed by atoms with Crippen LogP contribution in [0.25, 0.3) is 0 Å². The molecule has 2 N–H and O–H groups in total. The van der Waals surface area contributed by atoms with Gasteiger partial charge in [-0.25, -0.2) is 0 Å². The monoisotopic (exact) mass is 268 g/mol. The van der Waals surface area contributed by atoms with E-state index in [9.17, 15) is 18.0 Å². The summed E-state index contributed by atoms with van der Waals surface area (Å²) in [4.78, 5) is 12.9. The van der Waals surface area contributed by atoms with Gasteiger partial charge in [0.2, 0.25) is 5.91 Å². The zero-order chi connectivity index (χ0) is 14.0. The van der Waals surface area contributed by atoms with Crippen molar-refractivity contribution in [3.05, 3.63) is 0 Å². The second-order valence-corrected chi connectivity index (χ2v) is 5.15. The molecule has 0 aromatic heterocycles. The Morgan fingerprint density at radius 3 is 2.50 bits per heavy atom. The first-order chi connectivity index (χ1) is 8.14. The molecule has 18 heavy (non-hydrogen) atoms. The number of rotatable bonds is 4. The van der Waals surface area contributed by atoms with Gasteiger partial charge in [-0.05, 0) is 12.3 Å². The molecular formula is C11H19F3N2O2. The summed E-state index contributed by atoms with van der Waals surface area (Å²) >= 11 is 0. The van der Waals surface area contributed by atoms with E-state index < -0.39 is 24.2 Å². The first-order valence-corrected chi connectivity index (χ1v) is 5.87. The molecule has 1 heterocycles. The molecule has 0 aromatic carbocycles. The Morgan fingerprint density at radius 1 is 1.50 bits per heavy atom. The van der Waals surface area contributed by atoms with E-state index in [4.69, 9.17) is 10.5 Å². The number of carbonyl (C=O) groups excluding carboxylic acids is 1. The summed E-state index contributed by atoms with van der Waals surface area (Å²) in [6, 6.07) is 0. The molecule has 7 heteroatoms. The third kappa shape index (κ3) is 4.13. The highest BCUT2D eigenvalue weighted by atomic mass is 19.4. The number of hydrogen-bond donors (Lipinski definition) is 1. The lowest BCUT2D eigenvalue weighted by Crippen LogP contribution is -2.58. The Bertz CT molecular complexity index is 299. The van der Waals surface area contributed by atoms with Gasteiger partial charge in [-0.3, -0.25) is 4.79 Å². The molecule has 0 radical (unpaired) electrons. The number of amides is 1. The molecule has 0 saturated carbocycles. The highest BCUT2D eigenvalue weighted by Gasteiger charge is 2.44. The third-order valence-corrected chi connectivity index (χ3v) is 2.72. The van der Waals surface area contributed by atoms with E-state index in [2.05, 4.69) is 0 Å². The fourth-order valence-corrected chi connectivity index (χ4v) is 1.94. The molecule has 1 atom stereocenters. The van der Waals surface area contributed by atoms with Crippen LogP contribution in [0, 0.1) is 5.92 Å². The van der Waals surface area contributed by atoms with E-state index in [-0.39, 0.29) is 25.5 Å². The maximum Gasteiger partial charge on any atom is 0.406 e. The molecule has 0 spiro atoms. The van der Waals surface area contributed by atoms with Crippen LogP contribution in [-0.2, 0) is 9.53 Å². The summed E-state index contributed by atoms with van der Waals surface area (Å²) in [7, 11) is 0. The van der Waals surface area contributed by atoms with Gasteiger partial charge >= 0.3 is 6.18 Å². The van der Waals surface area contributed by atoms with Gasteiger partial charge in [-0.1, -0.05) is 13.8 Å². The first kappa shape index (κ1) is 15.2. The average molecular weight is 268 g/mol. The Kier molecular flexibility index (Phi) is 4.61. The zero-order valence-electron chi connectivity index (χ0n) is 10.6. The highest BCUT2D eigenvalue weighted by molar-refractivity contribution is 5.86. The van der Waals surface area contributed by atoms with Gasteiger partial charge in [-0.2, -0.15) is 13.2 Å². The number of carbonyl (C=O) groups is 1. The van der Waals surface area contributed by atoms with Crippen molar-refractivity contribution in [2.24, 2.45) is 11.7 Å². The van der Waals surface area contributed by atoms with E-state index >= 15 is 0 Å². The molecule has 0 aliphatic carbocycles. The van der Waals surface area contributed by atoms with Gasteiger partial charge in [0.15, 0.2) is 0 Å². The Balaban J connectivity index is 2.78. The molecule has 0 aromatic rings. The van der Waals surface area contributed by atoms with E-state index in [1.807, 2.05) is 0 Å². The molecule has 1 fully saturated rings. The summed E-state index contributed by atoms with van der Waals surface area (Å²) in [5.41, 5.74) is 4.51. The van der Waals surface area contributed by atoms with Crippen LogP contribution >= 0.6 is 0 Å². The smallest absolute Gasteiger partial charge is 0.379 e.